The molecule has 0 spiro atoms. The van der Waals surface area contributed by atoms with Gasteiger partial charge in [0.15, 0.2) is 0 Å². The maximum atomic E-state index is 11.7. The molecule has 1 saturated heterocycles. The lowest BCUT2D eigenvalue weighted by Gasteiger charge is -2.47. The summed E-state index contributed by atoms with van der Waals surface area (Å²) in [5, 5.41) is 11.7. The number of carbonyl (C=O) groups excluding carboxylic acids is 1. The average molecular weight is 321 g/mol. The van der Waals surface area contributed by atoms with E-state index in [1.807, 2.05) is 17.9 Å². The SMILES string of the molecule is CC(=O)N(C)C1C(C)CN(c2ccncc2N)CC1NC(=O)O. The molecule has 0 radical (unpaired) electrons. The van der Waals surface area contributed by atoms with E-state index >= 15 is 0 Å². The van der Waals surface area contributed by atoms with Gasteiger partial charge >= 0.3 is 6.09 Å². The largest absolute Gasteiger partial charge is 0.465 e. The number of amides is 2. The van der Waals surface area contributed by atoms with E-state index in [9.17, 15) is 9.59 Å². The molecule has 0 bridgehead atoms. The number of hydrogen-bond acceptors (Lipinski definition) is 5. The molecule has 0 aliphatic carbocycles. The highest BCUT2D eigenvalue weighted by Gasteiger charge is 2.39. The Morgan fingerprint density at radius 1 is 1.48 bits per heavy atom. The number of nitrogens with one attached hydrogen (secondary N) is 1. The zero-order valence-corrected chi connectivity index (χ0v) is 13.6. The third-order valence-electron chi connectivity index (χ3n) is 4.34. The van der Waals surface area contributed by atoms with Gasteiger partial charge in [-0.05, 0) is 12.0 Å². The number of piperidine rings is 1. The topological polar surface area (TPSA) is 112 Å². The zero-order valence-electron chi connectivity index (χ0n) is 13.6. The minimum atomic E-state index is -1.10. The Hall–Kier alpha value is -2.51. The molecular weight excluding hydrogens is 298 g/mol. The molecule has 2 amide bonds. The molecular formula is C15H23N5O3. The summed E-state index contributed by atoms with van der Waals surface area (Å²) in [7, 11) is 1.70. The van der Waals surface area contributed by atoms with Crippen LogP contribution in [-0.4, -0.2) is 59.2 Å². The molecule has 0 aromatic carbocycles. The molecule has 1 aliphatic rings. The molecule has 8 heteroatoms. The predicted octanol–water partition coefficient (Wildman–Crippen LogP) is 0.603. The minimum absolute atomic E-state index is 0.0714. The Morgan fingerprint density at radius 3 is 2.74 bits per heavy atom. The summed E-state index contributed by atoms with van der Waals surface area (Å²) in [6.45, 7) is 4.60. The van der Waals surface area contributed by atoms with Crippen molar-refractivity contribution in [1.82, 2.24) is 15.2 Å². The Balaban J connectivity index is 2.29. The van der Waals surface area contributed by atoms with E-state index in [1.165, 1.54) is 6.92 Å². The predicted molar refractivity (Wildman–Crippen MR) is 87.2 cm³/mol. The fourth-order valence-electron chi connectivity index (χ4n) is 3.31. The van der Waals surface area contributed by atoms with Crippen LogP contribution in [0.1, 0.15) is 13.8 Å². The number of carbonyl (C=O) groups is 2. The van der Waals surface area contributed by atoms with Crippen LogP contribution in [0, 0.1) is 5.92 Å². The number of anilines is 2. The molecule has 3 unspecified atom stereocenters. The van der Waals surface area contributed by atoms with Crippen molar-refractivity contribution >= 4 is 23.4 Å². The van der Waals surface area contributed by atoms with Gasteiger partial charge in [0.05, 0.1) is 29.7 Å². The Kier molecular flexibility index (Phi) is 4.92. The fraction of sp³-hybridized carbons (Fsp3) is 0.533. The summed E-state index contributed by atoms with van der Waals surface area (Å²) in [6, 6.07) is 1.20. The number of nitrogens with two attached hydrogens (primary N) is 1. The van der Waals surface area contributed by atoms with E-state index in [0.29, 0.717) is 18.8 Å². The van der Waals surface area contributed by atoms with Gasteiger partial charge in [0.2, 0.25) is 5.91 Å². The first kappa shape index (κ1) is 16.9. The minimum Gasteiger partial charge on any atom is -0.465 e. The number of aromatic nitrogens is 1. The second-order valence-corrected chi connectivity index (χ2v) is 5.99. The van der Waals surface area contributed by atoms with Gasteiger partial charge in [0.1, 0.15) is 0 Å². The zero-order chi connectivity index (χ0) is 17.1. The Morgan fingerprint density at radius 2 is 2.17 bits per heavy atom. The van der Waals surface area contributed by atoms with Crippen LogP contribution in [-0.2, 0) is 4.79 Å². The summed E-state index contributed by atoms with van der Waals surface area (Å²) >= 11 is 0. The number of hydrogen-bond donors (Lipinski definition) is 3. The monoisotopic (exact) mass is 321 g/mol. The second-order valence-electron chi connectivity index (χ2n) is 5.99. The lowest BCUT2D eigenvalue weighted by molar-refractivity contribution is -0.131. The highest BCUT2D eigenvalue weighted by molar-refractivity contribution is 5.74. The van der Waals surface area contributed by atoms with Gasteiger partial charge in [0.25, 0.3) is 0 Å². The first-order chi connectivity index (χ1) is 10.8. The van der Waals surface area contributed by atoms with E-state index in [0.717, 1.165) is 5.69 Å². The molecule has 2 heterocycles. The van der Waals surface area contributed by atoms with Crippen LogP contribution in [0.5, 0.6) is 0 Å². The number of carboxylic acid groups (broad SMARTS) is 1. The highest BCUT2D eigenvalue weighted by Crippen LogP contribution is 2.29. The molecule has 2 rings (SSSR count). The summed E-state index contributed by atoms with van der Waals surface area (Å²) in [4.78, 5) is 30.5. The Labute approximate surface area is 135 Å². The van der Waals surface area contributed by atoms with Crippen molar-refractivity contribution < 1.29 is 14.7 Å². The molecule has 1 fully saturated rings. The van der Waals surface area contributed by atoms with Crippen LogP contribution in [0.2, 0.25) is 0 Å². The quantitative estimate of drug-likeness (QED) is 0.752. The molecule has 3 atom stereocenters. The van der Waals surface area contributed by atoms with Gasteiger partial charge in [-0.2, -0.15) is 0 Å². The standard InChI is InChI=1S/C15H23N5O3/c1-9-7-20(13-4-5-17-6-11(13)16)8-12(18-15(22)23)14(9)19(3)10(2)21/h4-6,9,12,14,18H,7-8,16H2,1-3H3,(H,22,23). The summed E-state index contributed by atoms with van der Waals surface area (Å²) < 4.78 is 0. The maximum Gasteiger partial charge on any atom is 0.405 e. The van der Waals surface area contributed by atoms with Crippen LogP contribution < -0.4 is 16.0 Å². The molecule has 1 aromatic rings. The Bertz CT molecular complexity index is 594. The van der Waals surface area contributed by atoms with E-state index in [2.05, 4.69) is 10.3 Å². The first-order valence-electron chi connectivity index (χ1n) is 7.48. The number of rotatable bonds is 3. The number of likely N-dealkylation sites (N-methyl/N-ethyl adjacent to an activating group) is 1. The van der Waals surface area contributed by atoms with Gasteiger partial charge in [-0.25, -0.2) is 4.79 Å². The van der Waals surface area contributed by atoms with Crippen molar-refractivity contribution in [2.24, 2.45) is 5.92 Å². The molecule has 1 aromatic heterocycles. The van der Waals surface area contributed by atoms with Gasteiger partial charge in [0, 0.05) is 33.3 Å². The number of nitrogen functional groups attached to an aromatic ring is 1. The van der Waals surface area contributed by atoms with Crippen LogP contribution in [0.25, 0.3) is 0 Å². The third-order valence-corrected chi connectivity index (χ3v) is 4.34. The molecule has 126 valence electrons. The highest BCUT2D eigenvalue weighted by atomic mass is 16.4. The molecule has 1 aliphatic heterocycles. The van der Waals surface area contributed by atoms with Crippen molar-refractivity contribution in [2.75, 3.05) is 30.8 Å². The summed E-state index contributed by atoms with van der Waals surface area (Å²) in [5.41, 5.74) is 7.36. The fourth-order valence-corrected chi connectivity index (χ4v) is 3.31. The van der Waals surface area contributed by atoms with Crippen LogP contribution in [0.4, 0.5) is 16.2 Å². The molecule has 0 saturated carbocycles. The molecule has 23 heavy (non-hydrogen) atoms. The van der Waals surface area contributed by atoms with Crippen molar-refractivity contribution in [3.8, 4) is 0 Å². The lowest BCUT2D eigenvalue weighted by atomic mass is 9.88. The van der Waals surface area contributed by atoms with Gasteiger partial charge in [-0.3, -0.25) is 9.78 Å². The van der Waals surface area contributed by atoms with Crippen molar-refractivity contribution in [1.29, 1.82) is 0 Å². The smallest absolute Gasteiger partial charge is 0.405 e. The van der Waals surface area contributed by atoms with Gasteiger partial charge < -0.3 is 26.0 Å². The van der Waals surface area contributed by atoms with Crippen LogP contribution in [0.3, 0.4) is 0 Å². The summed E-state index contributed by atoms with van der Waals surface area (Å²) in [6.07, 6.45) is 2.13. The molecule has 8 nitrogen and oxygen atoms in total. The van der Waals surface area contributed by atoms with Crippen LogP contribution >= 0.6 is 0 Å². The van der Waals surface area contributed by atoms with E-state index < -0.39 is 12.1 Å². The summed E-state index contributed by atoms with van der Waals surface area (Å²) in [5.74, 6) is -0.0158. The average Bonchev–Trinajstić information content (AvgIpc) is 2.46. The third kappa shape index (κ3) is 3.64. The van der Waals surface area contributed by atoms with E-state index in [1.54, 1.807) is 24.3 Å². The van der Waals surface area contributed by atoms with E-state index in [4.69, 9.17) is 10.8 Å². The first-order valence-corrected chi connectivity index (χ1v) is 7.48. The normalized spacial score (nSPS) is 24.1. The maximum absolute atomic E-state index is 11.7. The van der Waals surface area contributed by atoms with Gasteiger partial charge in [-0.1, -0.05) is 6.92 Å². The lowest BCUT2D eigenvalue weighted by Crippen LogP contribution is -2.64. The van der Waals surface area contributed by atoms with Crippen molar-refractivity contribution in [3.63, 3.8) is 0 Å². The van der Waals surface area contributed by atoms with Crippen LogP contribution in [0.15, 0.2) is 18.5 Å². The molecule has 4 N–H and O–H groups in total. The number of pyridine rings is 1. The van der Waals surface area contributed by atoms with Crippen molar-refractivity contribution in [3.05, 3.63) is 18.5 Å². The van der Waals surface area contributed by atoms with Crippen molar-refractivity contribution in [2.45, 2.75) is 25.9 Å². The number of nitrogens with zero attached hydrogens (tertiary/aromatic N) is 3. The second kappa shape index (κ2) is 6.72. The van der Waals surface area contributed by atoms with E-state index in [-0.39, 0.29) is 17.9 Å². The van der Waals surface area contributed by atoms with Gasteiger partial charge in [-0.15, -0.1) is 0 Å².